The Morgan fingerprint density at radius 2 is 2.23 bits per heavy atom. The summed E-state index contributed by atoms with van der Waals surface area (Å²) in [6.45, 7) is 1.55. The van der Waals surface area contributed by atoms with E-state index in [0.717, 1.165) is 0 Å². The van der Waals surface area contributed by atoms with Crippen LogP contribution in [0.3, 0.4) is 0 Å². The van der Waals surface area contributed by atoms with Crippen LogP contribution in [0.2, 0.25) is 0 Å². The van der Waals surface area contributed by atoms with E-state index < -0.39 is 6.04 Å². The number of rotatable bonds is 3. The van der Waals surface area contributed by atoms with Crippen LogP contribution in [0.1, 0.15) is 18.5 Å². The topological polar surface area (TPSA) is 52.4 Å². The molecule has 0 spiro atoms. The third-order valence-electron chi connectivity index (χ3n) is 1.89. The zero-order valence-electron chi connectivity index (χ0n) is 7.56. The Balaban J connectivity index is 2.94. The molecule has 1 rings (SSSR count). The maximum atomic E-state index is 10.5. The fourth-order valence-corrected chi connectivity index (χ4v) is 1.02. The number of nitrogens with zero attached hydrogens (tertiary/aromatic N) is 1. The maximum Gasteiger partial charge on any atom is 0.235 e. The lowest BCUT2D eigenvalue weighted by Gasteiger charge is -2.05. The number of benzene rings is 1. The van der Waals surface area contributed by atoms with Crippen molar-refractivity contribution in [3.63, 3.8) is 0 Å². The molecule has 0 N–H and O–H groups in total. The predicted molar refractivity (Wildman–Crippen MR) is 48.4 cm³/mol. The Kier molecular flexibility index (Phi) is 2.84. The van der Waals surface area contributed by atoms with Crippen molar-refractivity contribution in [1.82, 2.24) is 0 Å². The van der Waals surface area contributed by atoms with Gasteiger partial charge in [-0.3, -0.25) is 10.1 Å². The summed E-state index contributed by atoms with van der Waals surface area (Å²) in [5.74, 6) is 0.645. The van der Waals surface area contributed by atoms with Gasteiger partial charge in [0.2, 0.25) is 6.04 Å². The van der Waals surface area contributed by atoms with Crippen molar-refractivity contribution in [2.45, 2.75) is 13.0 Å². The van der Waals surface area contributed by atoms with Gasteiger partial charge in [0.05, 0.1) is 7.11 Å². The van der Waals surface area contributed by atoms with Gasteiger partial charge in [-0.2, -0.15) is 0 Å². The molecule has 1 aromatic carbocycles. The summed E-state index contributed by atoms with van der Waals surface area (Å²) in [5.41, 5.74) is 0.657. The minimum absolute atomic E-state index is 0.325. The summed E-state index contributed by atoms with van der Waals surface area (Å²) < 4.78 is 4.96. The SMILES string of the molecule is COc1cccc(C(C)[N+](=O)[O-])c1. The summed E-state index contributed by atoms with van der Waals surface area (Å²) in [4.78, 5) is 10.1. The molecule has 0 aliphatic rings. The fraction of sp³-hybridized carbons (Fsp3) is 0.333. The smallest absolute Gasteiger partial charge is 0.235 e. The molecule has 0 aliphatic carbocycles. The van der Waals surface area contributed by atoms with Crippen LogP contribution >= 0.6 is 0 Å². The van der Waals surface area contributed by atoms with Gasteiger partial charge in [-0.05, 0) is 12.1 Å². The van der Waals surface area contributed by atoms with E-state index in [4.69, 9.17) is 4.74 Å². The third-order valence-corrected chi connectivity index (χ3v) is 1.89. The van der Waals surface area contributed by atoms with E-state index in [9.17, 15) is 10.1 Å². The molecule has 0 aliphatic heterocycles. The van der Waals surface area contributed by atoms with E-state index in [1.54, 1.807) is 31.2 Å². The number of methoxy groups -OCH3 is 1. The summed E-state index contributed by atoms with van der Waals surface area (Å²) >= 11 is 0. The van der Waals surface area contributed by atoms with Crippen molar-refractivity contribution < 1.29 is 9.66 Å². The van der Waals surface area contributed by atoms with Crippen molar-refractivity contribution in [1.29, 1.82) is 0 Å². The van der Waals surface area contributed by atoms with Crippen molar-refractivity contribution in [3.8, 4) is 5.75 Å². The van der Waals surface area contributed by atoms with Crippen LogP contribution in [0.15, 0.2) is 24.3 Å². The zero-order valence-corrected chi connectivity index (χ0v) is 7.56. The van der Waals surface area contributed by atoms with Crippen LogP contribution in [0, 0.1) is 10.1 Å². The van der Waals surface area contributed by atoms with Crippen molar-refractivity contribution in [2.24, 2.45) is 0 Å². The molecule has 70 valence electrons. The molecule has 0 aromatic heterocycles. The summed E-state index contributed by atoms with van der Waals surface area (Å²) in [7, 11) is 1.54. The van der Waals surface area contributed by atoms with Gasteiger partial charge in [0, 0.05) is 17.4 Å². The number of hydrogen-bond donors (Lipinski definition) is 0. The first-order chi connectivity index (χ1) is 6.15. The largest absolute Gasteiger partial charge is 0.497 e. The highest BCUT2D eigenvalue weighted by atomic mass is 16.6. The molecule has 0 saturated carbocycles. The summed E-state index contributed by atoms with van der Waals surface area (Å²) in [6, 6.07) is 6.21. The van der Waals surface area contributed by atoms with E-state index in [1.165, 1.54) is 7.11 Å². The quantitative estimate of drug-likeness (QED) is 0.529. The van der Waals surface area contributed by atoms with Crippen LogP contribution in [-0.2, 0) is 0 Å². The summed E-state index contributed by atoms with van der Waals surface area (Å²) in [5, 5.41) is 10.5. The molecule has 1 aromatic rings. The molecule has 0 bridgehead atoms. The highest BCUT2D eigenvalue weighted by Gasteiger charge is 2.15. The second-order valence-corrected chi connectivity index (χ2v) is 2.74. The minimum atomic E-state index is -0.685. The molecule has 0 heterocycles. The van der Waals surface area contributed by atoms with Gasteiger partial charge in [0.25, 0.3) is 0 Å². The molecule has 0 radical (unpaired) electrons. The fourth-order valence-electron chi connectivity index (χ4n) is 1.02. The van der Waals surface area contributed by atoms with Crippen LogP contribution < -0.4 is 4.74 Å². The van der Waals surface area contributed by atoms with Gasteiger partial charge in [-0.1, -0.05) is 12.1 Å². The molecule has 0 amide bonds. The Labute approximate surface area is 76.3 Å². The van der Waals surface area contributed by atoms with Gasteiger partial charge in [-0.25, -0.2) is 0 Å². The van der Waals surface area contributed by atoms with Crippen LogP contribution in [0.4, 0.5) is 0 Å². The maximum absolute atomic E-state index is 10.5. The number of ether oxygens (including phenoxy) is 1. The highest BCUT2D eigenvalue weighted by Crippen LogP contribution is 2.20. The molecule has 4 nitrogen and oxygen atoms in total. The van der Waals surface area contributed by atoms with E-state index in [1.807, 2.05) is 0 Å². The first kappa shape index (κ1) is 9.51. The van der Waals surface area contributed by atoms with Crippen molar-refractivity contribution in [2.75, 3.05) is 7.11 Å². The molecule has 1 atom stereocenters. The van der Waals surface area contributed by atoms with Gasteiger partial charge >= 0.3 is 0 Å². The summed E-state index contributed by atoms with van der Waals surface area (Å²) in [6.07, 6.45) is 0. The predicted octanol–water partition coefficient (Wildman–Crippen LogP) is 2.03. The molecule has 1 unspecified atom stereocenters. The van der Waals surface area contributed by atoms with E-state index in [2.05, 4.69) is 0 Å². The Hall–Kier alpha value is -1.58. The van der Waals surface area contributed by atoms with E-state index in [-0.39, 0.29) is 4.92 Å². The zero-order chi connectivity index (χ0) is 9.84. The minimum Gasteiger partial charge on any atom is -0.497 e. The second kappa shape index (κ2) is 3.89. The van der Waals surface area contributed by atoms with Crippen LogP contribution in [-0.4, -0.2) is 12.0 Å². The van der Waals surface area contributed by atoms with Crippen molar-refractivity contribution >= 4 is 0 Å². The lowest BCUT2D eigenvalue weighted by Crippen LogP contribution is -2.05. The lowest BCUT2D eigenvalue weighted by molar-refractivity contribution is -0.524. The second-order valence-electron chi connectivity index (χ2n) is 2.74. The Bertz CT molecular complexity index is 311. The average Bonchev–Trinajstić information content (AvgIpc) is 2.16. The average molecular weight is 181 g/mol. The lowest BCUT2D eigenvalue weighted by atomic mass is 10.1. The van der Waals surface area contributed by atoms with Crippen LogP contribution in [0.5, 0.6) is 5.75 Å². The molecular weight excluding hydrogens is 170 g/mol. The van der Waals surface area contributed by atoms with E-state index >= 15 is 0 Å². The monoisotopic (exact) mass is 181 g/mol. The van der Waals surface area contributed by atoms with Gasteiger partial charge in [-0.15, -0.1) is 0 Å². The highest BCUT2D eigenvalue weighted by molar-refractivity contribution is 5.29. The molecule has 0 saturated heterocycles. The van der Waals surface area contributed by atoms with Crippen LogP contribution in [0.25, 0.3) is 0 Å². The van der Waals surface area contributed by atoms with Gasteiger partial charge < -0.3 is 4.74 Å². The first-order valence-electron chi connectivity index (χ1n) is 3.92. The Morgan fingerprint density at radius 1 is 1.54 bits per heavy atom. The number of hydrogen-bond acceptors (Lipinski definition) is 3. The number of nitro groups is 1. The normalized spacial score (nSPS) is 12.2. The van der Waals surface area contributed by atoms with Gasteiger partial charge in [0.15, 0.2) is 0 Å². The van der Waals surface area contributed by atoms with Gasteiger partial charge in [0.1, 0.15) is 5.75 Å². The molecule has 13 heavy (non-hydrogen) atoms. The molecule has 4 heteroatoms. The van der Waals surface area contributed by atoms with E-state index in [0.29, 0.717) is 11.3 Å². The van der Waals surface area contributed by atoms with Crippen molar-refractivity contribution in [3.05, 3.63) is 39.9 Å². The molecular formula is C9H11NO3. The Morgan fingerprint density at radius 3 is 2.77 bits per heavy atom. The first-order valence-corrected chi connectivity index (χ1v) is 3.92. The standard InChI is InChI=1S/C9H11NO3/c1-7(10(11)12)8-4-3-5-9(6-8)13-2/h3-7H,1-2H3. The molecule has 0 fully saturated rings. The third kappa shape index (κ3) is 2.18.